The van der Waals surface area contributed by atoms with Crippen LogP contribution in [-0.2, 0) is 0 Å². The van der Waals surface area contributed by atoms with Crippen molar-refractivity contribution in [3.63, 3.8) is 0 Å². The van der Waals surface area contributed by atoms with Crippen molar-refractivity contribution in [3.05, 3.63) is 58.7 Å². The number of hydrogen-bond donors (Lipinski definition) is 0. The third-order valence-electron chi connectivity index (χ3n) is 7.30. The molecule has 0 radical (unpaired) electrons. The van der Waals surface area contributed by atoms with Crippen molar-refractivity contribution in [1.82, 2.24) is 19.5 Å². The summed E-state index contributed by atoms with van der Waals surface area (Å²) in [6, 6.07) is 8.85. The minimum absolute atomic E-state index is 0.00554. The lowest BCUT2D eigenvalue weighted by Crippen LogP contribution is -2.39. The standard InChI is InChI=1S/C26H29FN6O/c1-16-13-31(15-19(16)12-28)25-17(2)14-33-24(29-25)11-22(30-33)23-9-4-5-10-32(23)26(34)20-7-6-8-21(27)18(20)3/h6-8,11,14,16,19,23H,4-5,9-10,13,15H2,1-3H3/t16-,19+,23-/m0/s1. The highest BCUT2D eigenvalue weighted by molar-refractivity contribution is 5.96. The molecule has 0 aliphatic carbocycles. The average Bonchev–Trinajstić information content (AvgIpc) is 3.42. The number of anilines is 1. The molecule has 2 aliphatic heterocycles. The van der Waals surface area contributed by atoms with Gasteiger partial charge in [0.1, 0.15) is 11.6 Å². The molecule has 3 aromatic rings. The second kappa shape index (κ2) is 8.71. The molecule has 0 unspecified atom stereocenters. The molecular weight excluding hydrogens is 431 g/mol. The van der Waals surface area contributed by atoms with Crippen molar-refractivity contribution in [2.45, 2.75) is 46.1 Å². The molecular formula is C26H29FN6O. The average molecular weight is 461 g/mol. The third kappa shape index (κ3) is 3.79. The van der Waals surface area contributed by atoms with E-state index in [1.807, 2.05) is 24.1 Å². The van der Waals surface area contributed by atoms with Crippen LogP contribution in [0.2, 0.25) is 0 Å². The Labute approximate surface area is 198 Å². The van der Waals surface area contributed by atoms with E-state index in [4.69, 9.17) is 10.1 Å². The molecule has 8 heteroatoms. The highest BCUT2D eigenvalue weighted by atomic mass is 19.1. The molecule has 0 saturated carbocycles. The van der Waals surface area contributed by atoms with Gasteiger partial charge in [0.15, 0.2) is 5.65 Å². The summed E-state index contributed by atoms with van der Waals surface area (Å²) in [5, 5.41) is 14.2. The Hall–Kier alpha value is -3.47. The van der Waals surface area contributed by atoms with E-state index in [0.29, 0.717) is 30.1 Å². The Morgan fingerprint density at radius 2 is 2.06 bits per heavy atom. The zero-order chi connectivity index (χ0) is 24.0. The van der Waals surface area contributed by atoms with Crippen molar-refractivity contribution >= 4 is 17.4 Å². The van der Waals surface area contributed by atoms with Crippen LogP contribution in [0.1, 0.15) is 59.4 Å². The van der Waals surface area contributed by atoms with E-state index in [2.05, 4.69) is 17.9 Å². The van der Waals surface area contributed by atoms with Gasteiger partial charge in [0, 0.05) is 43.0 Å². The molecule has 34 heavy (non-hydrogen) atoms. The monoisotopic (exact) mass is 460 g/mol. The van der Waals surface area contributed by atoms with Crippen LogP contribution in [0.25, 0.3) is 5.65 Å². The molecule has 1 aromatic carbocycles. The molecule has 2 fully saturated rings. The number of hydrogen-bond acceptors (Lipinski definition) is 5. The molecule has 3 atom stereocenters. The number of fused-ring (bicyclic) bond motifs is 1. The number of piperidine rings is 1. The van der Waals surface area contributed by atoms with Gasteiger partial charge >= 0.3 is 0 Å². The smallest absolute Gasteiger partial charge is 0.254 e. The molecule has 7 nitrogen and oxygen atoms in total. The molecule has 4 heterocycles. The zero-order valence-electron chi connectivity index (χ0n) is 19.8. The summed E-state index contributed by atoms with van der Waals surface area (Å²) in [4.78, 5) is 22.3. The summed E-state index contributed by atoms with van der Waals surface area (Å²) in [7, 11) is 0. The van der Waals surface area contributed by atoms with Gasteiger partial charge in [0.2, 0.25) is 0 Å². The second-order valence-electron chi connectivity index (χ2n) is 9.66. The van der Waals surface area contributed by atoms with Gasteiger partial charge < -0.3 is 9.80 Å². The van der Waals surface area contributed by atoms with E-state index >= 15 is 0 Å². The van der Waals surface area contributed by atoms with Crippen LogP contribution in [0, 0.1) is 42.8 Å². The highest BCUT2D eigenvalue weighted by Gasteiger charge is 2.33. The Morgan fingerprint density at radius 1 is 1.24 bits per heavy atom. The number of benzene rings is 1. The van der Waals surface area contributed by atoms with Crippen LogP contribution >= 0.6 is 0 Å². The maximum atomic E-state index is 14.1. The van der Waals surface area contributed by atoms with Crippen molar-refractivity contribution in [1.29, 1.82) is 5.26 Å². The molecule has 5 rings (SSSR count). The van der Waals surface area contributed by atoms with E-state index in [-0.39, 0.29) is 23.7 Å². The van der Waals surface area contributed by atoms with Crippen LogP contribution in [-0.4, -0.2) is 45.0 Å². The van der Waals surface area contributed by atoms with Crippen LogP contribution in [0.15, 0.2) is 30.5 Å². The van der Waals surface area contributed by atoms with Crippen LogP contribution in [0.5, 0.6) is 0 Å². The number of aryl methyl sites for hydroxylation is 1. The van der Waals surface area contributed by atoms with Crippen molar-refractivity contribution in [2.75, 3.05) is 24.5 Å². The number of likely N-dealkylation sites (tertiary alicyclic amines) is 1. The van der Waals surface area contributed by atoms with Crippen LogP contribution < -0.4 is 4.90 Å². The molecule has 2 aromatic heterocycles. The van der Waals surface area contributed by atoms with Crippen molar-refractivity contribution in [2.24, 2.45) is 11.8 Å². The fourth-order valence-electron chi connectivity index (χ4n) is 5.29. The lowest BCUT2D eigenvalue weighted by atomic mass is 9.97. The molecule has 2 saturated heterocycles. The first-order valence-corrected chi connectivity index (χ1v) is 11.9. The zero-order valence-corrected chi connectivity index (χ0v) is 19.8. The van der Waals surface area contributed by atoms with Gasteiger partial charge in [-0.15, -0.1) is 0 Å². The van der Waals surface area contributed by atoms with Crippen molar-refractivity contribution in [3.8, 4) is 6.07 Å². The summed E-state index contributed by atoms with van der Waals surface area (Å²) < 4.78 is 15.9. The first-order valence-electron chi connectivity index (χ1n) is 11.9. The number of nitrogens with zero attached hydrogens (tertiary/aromatic N) is 6. The summed E-state index contributed by atoms with van der Waals surface area (Å²) in [5.74, 6) is 0.670. The topological polar surface area (TPSA) is 77.5 Å². The van der Waals surface area contributed by atoms with E-state index < -0.39 is 0 Å². The quantitative estimate of drug-likeness (QED) is 0.577. The normalized spacial score (nSPS) is 22.9. The minimum Gasteiger partial charge on any atom is -0.355 e. The van der Waals surface area contributed by atoms with Crippen molar-refractivity contribution < 1.29 is 9.18 Å². The molecule has 0 N–H and O–H groups in total. The second-order valence-corrected chi connectivity index (χ2v) is 9.66. The summed E-state index contributed by atoms with van der Waals surface area (Å²) in [6.45, 7) is 7.87. The molecule has 0 bridgehead atoms. The molecule has 0 spiro atoms. The Bertz CT molecular complexity index is 1290. The van der Waals surface area contributed by atoms with Gasteiger partial charge in [-0.05, 0) is 56.7 Å². The lowest BCUT2D eigenvalue weighted by molar-refractivity contribution is 0.0604. The Morgan fingerprint density at radius 3 is 2.82 bits per heavy atom. The number of halogens is 1. The SMILES string of the molecule is Cc1cn2nc([C@@H]3CCCCN3C(=O)c3cccc(F)c3C)cc2nc1N1C[C@@H](C#N)[C@@H](C)C1. The molecule has 176 valence electrons. The maximum Gasteiger partial charge on any atom is 0.254 e. The predicted molar refractivity (Wildman–Crippen MR) is 127 cm³/mol. The Kier molecular flexibility index (Phi) is 5.72. The van der Waals surface area contributed by atoms with Gasteiger partial charge in [-0.2, -0.15) is 10.4 Å². The van der Waals surface area contributed by atoms with Gasteiger partial charge in [0.05, 0.1) is 23.7 Å². The molecule has 2 aliphatic rings. The van der Waals surface area contributed by atoms with Gasteiger partial charge in [-0.1, -0.05) is 13.0 Å². The first-order chi connectivity index (χ1) is 16.4. The van der Waals surface area contributed by atoms with E-state index in [0.717, 1.165) is 48.5 Å². The lowest BCUT2D eigenvalue weighted by Gasteiger charge is -2.35. The Balaban J connectivity index is 1.47. The van der Waals surface area contributed by atoms with Gasteiger partial charge in [-0.25, -0.2) is 13.9 Å². The number of carbonyl (C=O) groups is 1. The van der Waals surface area contributed by atoms with E-state index in [1.165, 1.54) is 6.07 Å². The summed E-state index contributed by atoms with van der Waals surface area (Å²) in [5.41, 5.74) is 3.31. The van der Waals surface area contributed by atoms with E-state index in [9.17, 15) is 14.4 Å². The number of amides is 1. The van der Waals surface area contributed by atoms with Crippen LogP contribution in [0.4, 0.5) is 10.2 Å². The third-order valence-corrected chi connectivity index (χ3v) is 7.30. The van der Waals surface area contributed by atoms with E-state index in [1.54, 1.807) is 23.6 Å². The number of rotatable bonds is 3. The largest absolute Gasteiger partial charge is 0.355 e. The minimum atomic E-state index is -0.366. The summed E-state index contributed by atoms with van der Waals surface area (Å²) in [6.07, 6.45) is 4.70. The number of carbonyl (C=O) groups excluding carboxylic acids is 1. The van der Waals surface area contributed by atoms with Crippen LogP contribution in [0.3, 0.4) is 0 Å². The number of aromatic nitrogens is 3. The predicted octanol–water partition coefficient (Wildman–Crippen LogP) is 4.45. The molecule has 1 amide bonds. The fraction of sp³-hybridized carbons (Fsp3) is 0.462. The summed E-state index contributed by atoms with van der Waals surface area (Å²) >= 11 is 0. The van der Waals surface area contributed by atoms with Gasteiger partial charge in [0.25, 0.3) is 5.91 Å². The van der Waals surface area contributed by atoms with Gasteiger partial charge in [-0.3, -0.25) is 4.79 Å². The number of nitriles is 1. The highest BCUT2D eigenvalue weighted by Crippen LogP contribution is 2.34. The fourth-order valence-corrected chi connectivity index (χ4v) is 5.29. The maximum absolute atomic E-state index is 14.1. The first kappa shape index (κ1) is 22.3.